The second-order valence-corrected chi connectivity index (χ2v) is 9.52. The Labute approximate surface area is 218 Å². The van der Waals surface area contributed by atoms with E-state index in [2.05, 4.69) is 118 Å². The molecule has 0 aliphatic heterocycles. The van der Waals surface area contributed by atoms with E-state index in [1.165, 1.54) is 16.5 Å². The predicted octanol–water partition coefficient (Wildman–Crippen LogP) is 8.78. The van der Waals surface area contributed by atoms with Gasteiger partial charge in [0.2, 0.25) is 0 Å². The van der Waals surface area contributed by atoms with E-state index in [9.17, 15) is 0 Å². The lowest BCUT2D eigenvalue weighted by Crippen LogP contribution is -1.91. The Kier molecular flexibility index (Phi) is 4.49. The van der Waals surface area contributed by atoms with Crippen molar-refractivity contribution >= 4 is 38.4 Å². The van der Waals surface area contributed by atoms with E-state index in [4.69, 9.17) is 4.42 Å². The fourth-order valence-corrected chi connectivity index (χ4v) is 5.54. The van der Waals surface area contributed by atoms with Crippen molar-refractivity contribution in [2.75, 3.05) is 0 Å². The highest BCUT2D eigenvalue weighted by atomic mass is 16.3. The van der Waals surface area contributed by atoms with Gasteiger partial charge in [0.05, 0.1) is 0 Å². The van der Waals surface area contributed by atoms with Crippen molar-refractivity contribution in [2.24, 2.45) is 0 Å². The first-order valence-corrected chi connectivity index (χ1v) is 12.7. The van der Waals surface area contributed by atoms with Crippen LogP contribution in [0.3, 0.4) is 0 Å². The maximum atomic E-state index is 6.25. The summed E-state index contributed by atoms with van der Waals surface area (Å²) in [4.78, 5) is 0. The molecule has 8 aromatic rings. The molecule has 0 saturated carbocycles. The number of para-hydroxylation sites is 2. The van der Waals surface area contributed by atoms with Crippen LogP contribution in [0.15, 0.2) is 132 Å². The quantitative estimate of drug-likeness (QED) is 0.250. The number of hydrogen-bond donors (Lipinski definition) is 0. The van der Waals surface area contributed by atoms with Crippen LogP contribution in [0.5, 0.6) is 0 Å². The predicted molar refractivity (Wildman–Crippen MR) is 154 cm³/mol. The van der Waals surface area contributed by atoms with Gasteiger partial charge in [-0.2, -0.15) is 0 Å². The zero-order chi connectivity index (χ0) is 25.1. The number of furan rings is 1. The van der Waals surface area contributed by atoms with Crippen molar-refractivity contribution in [3.05, 3.63) is 128 Å². The third-order valence-corrected chi connectivity index (χ3v) is 7.38. The summed E-state index contributed by atoms with van der Waals surface area (Å²) >= 11 is 0. The van der Waals surface area contributed by atoms with Crippen molar-refractivity contribution in [2.45, 2.75) is 0 Å². The number of nitrogens with zero attached hydrogens (tertiary/aromatic N) is 3. The van der Waals surface area contributed by atoms with E-state index in [0.717, 1.165) is 55.5 Å². The second-order valence-electron chi connectivity index (χ2n) is 9.52. The van der Waals surface area contributed by atoms with Crippen molar-refractivity contribution in [1.29, 1.82) is 0 Å². The van der Waals surface area contributed by atoms with Crippen molar-refractivity contribution in [3.8, 4) is 33.6 Å². The Balaban J connectivity index is 1.22. The molecule has 38 heavy (non-hydrogen) atoms. The number of rotatable bonds is 3. The molecule has 0 bridgehead atoms. The Morgan fingerprint density at radius 1 is 0.474 bits per heavy atom. The van der Waals surface area contributed by atoms with Gasteiger partial charge in [-0.3, -0.25) is 4.40 Å². The summed E-state index contributed by atoms with van der Waals surface area (Å²) in [5.41, 5.74) is 8.25. The third-order valence-electron chi connectivity index (χ3n) is 7.38. The molecule has 5 aromatic carbocycles. The number of pyridine rings is 1. The van der Waals surface area contributed by atoms with E-state index in [0.29, 0.717) is 0 Å². The summed E-state index contributed by atoms with van der Waals surface area (Å²) in [6, 6.07) is 42.0. The number of fused-ring (bicyclic) bond motifs is 6. The molecule has 3 heterocycles. The fourth-order valence-electron chi connectivity index (χ4n) is 5.54. The van der Waals surface area contributed by atoms with Gasteiger partial charge in [-0.05, 0) is 34.2 Å². The summed E-state index contributed by atoms with van der Waals surface area (Å²) in [6.45, 7) is 0. The number of aromatic nitrogens is 3. The molecule has 0 atom stereocenters. The smallest absolute Gasteiger partial charge is 0.168 e. The van der Waals surface area contributed by atoms with Crippen LogP contribution in [0.25, 0.3) is 72.0 Å². The highest BCUT2D eigenvalue weighted by Gasteiger charge is 2.15. The Morgan fingerprint density at radius 2 is 1.16 bits per heavy atom. The van der Waals surface area contributed by atoms with Gasteiger partial charge in [-0.1, -0.05) is 109 Å². The molecular formula is C34H21N3O. The molecule has 4 heteroatoms. The van der Waals surface area contributed by atoms with Gasteiger partial charge in [-0.15, -0.1) is 10.2 Å². The molecule has 0 spiro atoms. The molecule has 0 saturated heterocycles. The summed E-state index contributed by atoms with van der Waals surface area (Å²) in [6.07, 6.45) is 2.07. The summed E-state index contributed by atoms with van der Waals surface area (Å²) in [5.74, 6) is 0.820. The summed E-state index contributed by atoms with van der Waals surface area (Å²) in [5, 5.41) is 13.7. The van der Waals surface area contributed by atoms with Crippen molar-refractivity contribution in [3.63, 3.8) is 0 Å². The minimum atomic E-state index is 0.820. The second kappa shape index (κ2) is 8.15. The molecule has 0 aliphatic rings. The lowest BCUT2D eigenvalue weighted by atomic mass is 9.99. The van der Waals surface area contributed by atoms with E-state index in [1.54, 1.807) is 0 Å². The van der Waals surface area contributed by atoms with Crippen LogP contribution in [-0.4, -0.2) is 14.6 Å². The first-order chi connectivity index (χ1) is 18.8. The van der Waals surface area contributed by atoms with Gasteiger partial charge >= 0.3 is 0 Å². The third kappa shape index (κ3) is 3.10. The maximum absolute atomic E-state index is 6.25. The Morgan fingerprint density at radius 3 is 2.03 bits per heavy atom. The van der Waals surface area contributed by atoms with E-state index in [-0.39, 0.29) is 0 Å². The lowest BCUT2D eigenvalue weighted by molar-refractivity contribution is 0.670. The first kappa shape index (κ1) is 20.9. The molecule has 0 amide bonds. The van der Waals surface area contributed by atoms with Gasteiger partial charge in [0, 0.05) is 33.5 Å². The van der Waals surface area contributed by atoms with Crippen LogP contribution in [0.4, 0.5) is 0 Å². The normalized spacial score (nSPS) is 11.7. The molecule has 8 rings (SSSR count). The van der Waals surface area contributed by atoms with Crippen LogP contribution in [0.2, 0.25) is 0 Å². The van der Waals surface area contributed by atoms with Gasteiger partial charge in [0.15, 0.2) is 11.5 Å². The van der Waals surface area contributed by atoms with Crippen LogP contribution in [0, 0.1) is 0 Å². The van der Waals surface area contributed by atoms with Gasteiger partial charge < -0.3 is 4.42 Å². The minimum Gasteiger partial charge on any atom is -0.455 e. The molecule has 0 aliphatic carbocycles. The Bertz CT molecular complexity index is 2120. The highest BCUT2D eigenvalue weighted by Crippen LogP contribution is 2.36. The molecule has 0 N–H and O–H groups in total. The first-order valence-electron chi connectivity index (χ1n) is 12.7. The van der Waals surface area contributed by atoms with Crippen LogP contribution < -0.4 is 0 Å². The molecular weight excluding hydrogens is 466 g/mol. The lowest BCUT2D eigenvalue weighted by Gasteiger charge is -2.09. The van der Waals surface area contributed by atoms with Gasteiger partial charge in [0.1, 0.15) is 11.2 Å². The number of hydrogen-bond acceptors (Lipinski definition) is 3. The molecule has 4 nitrogen and oxygen atoms in total. The van der Waals surface area contributed by atoms with Crippen molar-refractivity contribution < 1.29 is 4.42 Å². The van der Waals surface area contributed by atoms with Crippen LogP contribution in [0.1, 0.15) is 0 Å². The van der Waals surface area contributed by atoms with Crippen molar-refractivity contribution in [1.82, 2.24) is 14.6 Å². The number of benzene rings is 5. The zero-order valence-corrected chi connectivity index (χ0v) is 20.4. The van der Waals surface area contributed by atoms with E-state index >= 15 is 0 Å². The fraction of sp³-hybridized carbons (Fsp3) is 0. The van der Waals surface area contributed by atoms with Gasteiger partial charge in [0.25, 0.3) is 0 Å². The topological polar surface area (TPSA) is 43.3 Å². The van der Waals surface area contributed by atoms with Crippen LogP contribution >= 0.6 is 0 Å². The SMILES string of the molecule is c1ccc(-c2cccc3c2ccn2c(-c4ccc(-c5cccc6c5oc5ccccc56)cc4)nnc32)cc1. The average molecular weight is 488 g/mol. The van der Waals surface area contributed by atoms with E-state index in [1.807, 2.05) is 24.3 Å². The molecule has 0 unspecified atom stereocenters. The molecule has 3 aromatic heterocycles. The van der Waals surface area contributed by atoms with Crippen LogP contribution in [-0.2, 0) is 0 Å². The largest absolute Gasteiger partial charge is 0.455 e. The monoisotopic (exact) mass is 487 g/mol. The molecule has 0 fully saturated rings. The maximum Gasteiger partial charge on any atom is 0.168 e. The van der Waals surface area contributed by atoms with E-state index < -0.39 is 0 Å². The highest BCUT2D eigenvalue weighted by molar-refractivity contribution is 6.09. The molecule has 178 valence electrons. The summed E-state index contributed by atoms with van der Waals surface area (Å²) in [7, 11) is 0. The average Bonchev–Trinajstić information content (AvgIpc) is 3.59. The molecule has 0 radical (unpaired) electrons. The standard InChI is InChI=1S/C34H21N3O/c1-2-8-22(9-3-1)25-11-6-14-30-27(25)20-21-37-33(35-36-34(30)37)24-18-16-23(17-19-24)26-12-7-13-29-28-10-4-5-15-31(28)38-32(26)29/h1-21H. The zero-order valence-electron chi connectivity index (χ0n) is 20.4. The minimum absolute atomic E-state index is 0.820. The summed E-state index contributed by atoms with van der Waals surface area (Å²) < 4.78 is 8.33. The van der Waals surface area contributed by atoms with Gasteiger partial charge in [-0.25, -0.2) is 0 Å². The Hall–Kier alpha value is -5.22.